The Morgan fingerprint density at radius 3 is 2.87 bits per heavy atom. The van der Waals surface area contributed by atoms with Gasteiger partial charge in [0, 0.05) is 7.05 Å². The third kappa shape index (κ3) is 2.19. The molecule has 6 heteroatoms. The SMILES string of the molecule is Cn1ncc(Cl)c1C(=O)CC1OCCO1. The van der Waals surface area contributed by atoms with E-state index in [1.165, 1.54) is 10.9 Å². The number of hydrogen-bond donors (Lipinski definition) is 0. The molecule has 0 amide bonds. The van der Waals surface area contributed by atoms with Gasteiger partial charge in [-0.3, -0.25) is 9.48 Å². The number of ether oxygens (including phenoxy) is 2. The molecule has 0 aromatic carbocycles. The summed E-state index contributed by atoms with van der Waals surface area (Å²) in [6.07, 6.45) is 1.19. The number of rotatable bonds is 3. The average Bonchev–Trinajstić information content (AvgIpc) is 2.77. The summed E-state index contributed by atoms with van der Waals surface area (Å²) in [7, 11) is 1.68. The Bertz CT molecular complexity index is 352. The lowest BCUT2D eigenvalue weighted by Gasteiger charge is -2.07. The Kier molecular flexibility index (Phi) is 3.04. The average molecular weight is 231 g/mol. The Morgan fingerprint density at radius 1 is 1.67 bits per heavy atom. The normalized spacial score (nSPS) is 17.2. The van der Waals surface area contributed by atoms with Gasteiger partial charge in [0.1, 0.15) is 5.69 Å². The molecule has 0 aliphatic carbocycles. The highest BCUT2D eigenvalue weighted by atomic mass is 35.5. The highest BCUT2D eigenvalue weighted by Crippen LogP contribution is 2.18. The highest BCUT2D eigenvalue weighted by Gasteiger charge is 2.23. The van der Waals surface area contributed by atoms with Crippen molar-refractivity contribution in [1.82, 2.24) is 9.78 Å². The van der Waals surface area contributed by atoms with Crippen molar-refractivity contribution in [2.45, 2.75) is 12.7 Å². The first kappa shape index (κ1) is 10.6. The molecule has 1 aliphatic heterocycles. The maximum atomic E-state index is 11.8. The molecule has 1 saturated heterocycles. The maximum absolute atomic E-state index is 11.8. The van der Waals surface area contributed by atoms with Gasteiger partial charge in [0.15, 0.2) is 12.1 Å². The number of carbonyl (C=O) groups is 1. The van der Waals surface area contributed by atoms with E-state index >= 15 is 0 Å². The second kappa shape index (κ2) is 4.30. The van der Waals surface area contributed by atoms with Crippen molar-refractivity contribution in [2.75, 3.05) is 13.2 Å². The number of halogens is 1. The maximum Gasteiger partial charge on any atom is 0.187 e. The van der Waals surface area contributed by atoms with E-state index in [0.717, 1.165) is 0 Å². The number of hydrogen-bond acceptors (Lipinski definition) is 4. The fourth-order valence-corrected chi connectivity index (χ4v) is 1.77. The summed E-state index contributed by atoms with van der Waals surface area (Å²) < 4.78 is 11.8. The lowest BCUT2D eigenvalue weighted by molar-refractivity contribution is -0.0408. The third-order valence-corrected chi connectivity index (χ3v) is 2.48. The molecule has 82 valence electrons. The van der Waals surface area contributed by atoms with Gasteiger partial charge in [0.05, 0.1) is 30.9 Å². The predicted octanol–water partition coefficient (Wildman–Crippen LogP) is 1.02. The molecule has 1 aromatic rings. The molecule has 0 bridgehead atoms. The minimum Gasteiger partial charge on any atom is -0.350 e. The number of ketones is 1. The smallest absolute Gasteiger partial charge is 0.187 e. The van der Waals surface area contributed by atoms with Crippen LogP contribution >= 0.6 is 11.6 Å². The molecule has 0 unspecified atom stereocenters. The Labute approximate surface area is 91.9 Å². The molecule has 1 aromatic heterocycles. The fraction of sp³-hybridized carbons (Fsp3) is 0.556. The van der Waals surface area contributed by atoms with Crippen molar-refractivity contribution in [3.8, 4) is 0 Å². The second-order valence-electron chi connectivity index (χ2n) is 3.26. The molecule has 0 saturated carbocycles. The van der Waals surface area contributed by atoms with E-state index in [0.29, 0.717) is 23.9 Å². The Hall–Kier alpha value is -0.910. The molecular formula is C9H11ClN2O3. The summed E-state index contributed by atoms with van der Waals surface area (Å²) in [4.78, 5) is 11.8. The topological polar surface area (TPSA) is 53.4 Å². The van der Waals surface area contributed by atoms with Crippen molar-refractivity contribution in [3.05, 3.63) is 16.9 Å². The van der Waals surface area contributed by atoms with Crippen molar-refractivity contribution in [3.63, 3.8) is 0 Å². The van der Waals surface area contributed by atoms with E-state index in [1.54, 1.807) is 7.05 Å². The number of aryl methyl sites for hydroxylation is 1. The van der Waals surface area contributed by atoms with Gasteiger partial charge in [-0.05, 0) is 0 Å². The summed E-state index contributed by atoms with van der Waals surface area (Å²) in [6, 6.07) is 0. The molecule has 0 spiro atoms. The number of Topliss-reactive ketones (excluding diaryl/α,β-unsaturated/α-hetero) is 1. The van der Waals surface area contributed by atoms with E-state index < -0.39 is 6.29 Å². The van der Waals surface area contributed by atoms with E-state index in [-0.39, 0.29) is 12.2 Å². The third-order valence-electron chi connectivity index (χ3n) is 2.20. The lowest BCUT2D eigenvalue weighted by Crippen LogP contribution is -2.17. The molecule has 2 heterocycles. The van der Waals surface area contributed by atoms with Gasteiger partial charge in [-0.2, -0.15) is 5.10 Å². The van der Waals surface area contributed by atoms with Crippen molar-refractivity contribution in [1.29, 1.82) is 0 Å². The van der Waals surface area contributed by atoms with Crippen LogP contribution in [0.2, 0.25) is 5.02 Å². The summed E-state index contributed by atoms with van der Waals surface area (Å²) >= 11 is 5.84. The summed E-state index contributed by atoms with van der Waals surface area (Å²) in [5.41, 5.74) is 0.399. The van der Waals surface area contributed by atoms with Gasteiger partial charge < -0.3 is 9.47 Å². The summed E-state index contributed by atoms with van der Waals surface area (Å²) in [5.74, 6) is -0.119. The molecule has 0 atom stereocenters. The zero-order chi connectivity index (χ0) is 10.8. The number of carbonyl (C=O) groups excluding carboxylic acids is 1. The van der Waals surface area contributed by atoms with E-state index in [4.69, 9.17) is 21.1 Å². The Balaban J connectivity index is 2.07. The van der Waals surface area contributed by atoms with Crippen molar-refractivity contribution in [2.24, 2.45) is 7.05 Å². The molecule has 0 N–H and O–H groups in total. The van der Waals surface area contributed by atoms with Crippen molar-refractivity contribution >= 4 is 17.4 Å². The first-order valence-electron chi connectivity index (χ1n) is 4.62. The van der Waals surface area contributed by atoms with Gasteiger partial charge in [-0.25, -0.2) is 0 Å². The molecule has 5 nitrogen and oxygen atoms in total. The van der Waals surface area contributed by atoms with Crippen LogP contribution in [0.25, 0.3) is 0 Å². The van der Waals surface area contributed by atoms with Crippen LogP contribution in [0.15, 0.2) is 6.20 Å². The second-order valence-corrected chi connectivity index (χ2v) is 3.67. The van der Waals surface area contributed by atoms with Crippen LogP contribution in [0.5, 0.6) is 0 Å². The van der Waals surface area contributed by atoms with Crippen LogP contribution < -0.4 is 0 Å². The quantitative estimate of drug-likeness (QED) is 0.728. The lowest BCUT2D eigenvalue weighted by atomic mass is 10.2. The molecule has 0 radical (unpaired) electrons. The van der Waals surface area contributed by atoms with E-state index in [9.17, 15) is 4.79 Å². The molecule has 1 fully saturated rings. The number of nitrogens with zero attached hydrogens (tertiary/aromatic N) is 2. The zero-order valence-electron chi connectivity index (χ0n) is 8.27. The van der Waals surface area contributed by atoms with Crippen LogP contribution in [-0.2, 0) is 16.5 Å². The predicted molar refractivity (Wildman–Crippen MR) is 52.9 cm³/mol. The van der Waals surface area contributed by atoms with Crippen LogP contribution in [0.1, 0.15) is 16.9 Å². The monoisotopic (exact) mass is 230 g/mol. The summed E-state index contributed by atoms with van der Waals surface area (Å²) in [5, 5.41) is 4.26. The van der Waals surface area contributed by atoms with Crippen molar-refractivity contribution < 1.29 is 14.3 Å². The van der Waals surface area contributed by atoms with Crippen LogP contribution in [0.4, 0.5) is 0 Å². The van der Waals surface area contributed by atoms with Gasteiger partial charge >= 0.3 is 0 Å². The minimum atomic E-state index is -0.441. The molecular weight excluding hydrogens is 220 g/mol. The number of aromatic nitrogens is 2. The molecule has 15 heavy (non-hydrogen) atoms. The largest absolute Gasteiger partial charge is 0.350 e. The van der Waals surface area contributed by atoms with Gasteiger partial charge in [0.25, 0.3) is 0 Å². The zero-order valence-corrected chi connectivity index (χ0v) is 9.03. The Morgan fingerprint density at radius 2 is 2.33 bits per heavy atom. The fourth-order valence-electron chi connectivity index (χ4n) is 1.50. The molecule has 2 rings (SSSR count). The minimum absolute atomic E-state index is 0.119. The van der Waals surface area contributed by atoms with Gasteiger partial charge in [0.2, 0.25) is 0 Å². The van der Waals surface area contributed by atoms with E-state index in [1.807, 2.05) is 0 Å². The summed E-state index contributed by atoms with van der Waals surface area (Å²) in [6.45, 7) is 1.08. The van der Waals surface area contributed by atoms with Crippen LogP contribution in [-0.4, -0.2) is 35.1 Å². The van der Waals surface area contributed by atoms with Crippen LogP contribution in [0.3, 0.4) is 0 Å². The van der Waals surface area contributed by atoms with Gasteiger partial charge in [-0.15, -0.1) is 0 Å². The first-order valence-corrected chi connectivity index (χ1v) is 5.00. The van der Waals surface area contributed by atoms with Crippen LogP contribution in [0, 0.1) is 0 Å². The van der Waals surface area contributed by atoms with Gasteiger partial charge in [-0.1, -0.05) is 11.6 Å². The highest BCUT2D eigenvalue weighted by molar-refractivity contribution is 6.33. The first-order chi connectivity index (χ1) is 7.18. The standard InChI is InChI=1S/C9H11ClN2O3/c1-12-9(6(10)5-11-12)7(13)4-8-14-2-3-15-8/h5,8H,2-4H2,1H3. The molecule has 1 aliphatic rings. The van der Waals surface area contributed by atoms with E-state index in [2.05, 4.69) is 5.10 Å².